The molecule has 6 aromatic rings. The summed E-state index contributed by atoms with van der Waals surface area (Å²) in [6.45, 7) is 3.81. The van der Waals surface area contributed by atoms with Crippen molar-refractivity contribution >= 4 is 58.1 Å². The molecule has 0 radical (unpaired) electrons. The van der Waals surface area contributed by atoms with Gasteiger partial charge in [-0.15, -0.1) is 0 Å². The van der Waals surface area contributed by atoms with Crippen LogP contribution in [0.2, 0.25) is 0 Å². The Morgan fingerprint density at radius 1 is 0.393 bits per heavy atom. The summed E-state index contributed by atoms with van der Waals surface area (Å²) < 4.78 is 0. The molecule has 0 aromatic heterocycles. The number of anilines is 2. The first-order chi connectivity index (χ1) is 26.9. The molecule has 0 saturated heterocycles. The molecule has 0 aliphatic heterocycles. The third-order valence-electron chi connectivity index (χ3n) is 8.68. The van der Waals surface area contributed by atoms with Gasteiger partial charge < -0.3 is 9.80 Å². The fourth-order valence-corrected chi connectivity index (χ4v) is 5.51. The predicted octanol–water partition coefficient (Wildman–Crippen LogP) is 8.54. The number of aldehydes is 4. The Kier molecular flexibility index (Phi) is 15.4. The van der Waals surface area contributed by atoms with Crippen LogP contribution in [0.4, 0.5) is 11.4 Å². The van der Waals surface area contributed by atoms with E-state index in [-0.39, 0.29) is 22.3 Å². The monoisotopic (exact) mass is 738 g/mol. The maximum absolute atomic E-state index is 10.8. The molecular weight excluding hydrogens is 701 g/mol. The van der Waals surface area contributed by atoms with E-state index in [2.05, 4.69) is 12.1 Å². The van der Waals surface area contributed by atoms with Crippen molar-refractivity contribution in [3.63, 3.8) is 0 Å². The van der Waals surface area contributed by atoms with E-state index in [1.165, 1.54) is 12.1 Å². The molecule has 6 aromatic carbocycles. The molecule has 10 heteroatoms. The van der Waals surface area contributed by atoms with Crippen LogP contribution in [0.3, 0.4) is 0 Å². The highest BCUT2D eigenvalue weighted by Crippen LogP contribution is 2.27. The Balaban J connectivity index is 0.000000205. The third-order valence-corrected chi connectivity index (χ3v) is 8.68. The Hall–Kier alpha value is -7.92. The van der Waals surface area contributed by atoms with Gasteiger partial charge in [-0.3, -0.25) is 19.2 Å². The number of aryl methyl sites for hydroxylation is 2. The normalized spacial score (nSPS) is 9.46. The number of hydrogen-bond donors (Lipinski definition) is 0. The van der Waals surface area contributed by atoms with Crippen LogP contribution < -0.4 is 9.80 Å². The summed E-state index contributed by atoms with van der Waals surface area (Å²) >= 11 is 0. The summed E-state index contributed by atoms with van der Waals surface area (Å²) in [7, 11) is 7.87. The molecule has 56 heavy (non-hydrogen) atoms. The van der Waals surface area contributed by atoms with E-state index in [0.717, 1.165) is 57.0 Å². The fraction of sp³-hybridized carbons (Fsp3) is 0.130. The molecule has 0 bridgehead atoms. The zero-order valence-electron chi connectivity index (χ0n) is 31.9. The van der Waals surface area contributed by atoms with Crippen LogP contribution in [0, 0.1) is 59.2 Å². The zero-order chi connectivity index (χ0) is 41.4. The first kappa shape index (κ1) is 42.5. The number of rotatable bonds is 6. The first-order valence-electron chi connectivity index (χ1n) is 17.0. The molecule has 0 aliphatic carbocycles. The molecule has 10 nitrogen and oxygen atoms in total. The van der Waals surface area contributed by atoms with Crippen LogP contribution in [-0.4, -0.2) is 53.3 Å². The molecule has 0 aliphatic rings. The summed E-state index contributed by atoms with van der Waals surface area (Å²) in [5.74, 6) is 0. The molecule has 276 valence electrons. The van der Waals surface area contributed by atoms with Crippen molar-refractivity contribution in [1.29, 1.82) is 21.0 Å². The van der Waals surface area contributed by atoms with E-state index in [9.17, 15) is 19.2 Å². The van der Waals surface area contributed by atoms with Gasteiger partial charge in [0.15, 0.2) is 12.6 Å². The predicted molar refractivity (Wildman–Crippen MR) is 219 cm³/mol. The molecule has 0 fully saturated rings. The van der Waals surface area contributed by atoms with Crippen LogP contribution in [0.25, 0.3) is 21.5 Å². The SMILES string of the molecule is CN(C)c1ccc(C=O)cc1.CN(C)c1ccc(C=O)cc1.Cc1ccc2c(C#N)c(C)ccc2c1C#N.N#Cc1c(C=O)ccc2c(C#N)c(C=O)ccc12. The Morgan fingerprint density at radius 3 is 0.929 bits per heavy atom. The van der Waals surface area contributed by atoms with E-state index < -0.39 is 0 Å². The lowest BCUT2D eigenvalue weighted by molar-refractivity contribution is 0.111. The number of fused-ring (bicyclic) bond motifs is 2. The number of nitrogens with zero attached hydrogens (tertiary/aromatic N) is 6. The largest absolute Gasteiger partial charge is 0.378 e. The highest BCUT2D eigenvalue weighted by molar-refractivity contribution is 6.01. The van der Waals surface area contributed by atoms with Crippen molar-refractivity contribution in [2.45, 2.75) is 13.8 Å². The third kappa shape index (κ3) is 10.1. The number of carbonyl (C=O) groups excluding carboxylic acids is 4. The standard InChI is InChI=1S/C14H6N2O2.C14H10N2.2C9H11NO/c15-5-13-9(7-17)1-3-11-12(13)4-2-10(8-18)14(11)6-16;1-9-3-5-12-11(13(9)7-15)6-4-10(2)14(12)8-16;2*1-10(2)9-5-3-8(7-11)4-6-9/h1-4,7-8H;3-6H,1-2H3;2*3-7H,1-2H3. The lowest BCUT2D eigenvalue weighted by Gasteiger charge is -2.11. The molecular formula is C46H38N6O4. The van der Waals surface area contributed by atoms with Gasteiger partial charge in [0.05, 0.1) is 22.3 Å². The first-order valence-corrected chi connectivity index (χ1v) is 17.0. The summed E-state index contributed by atoms with van der Waals surface area (Å²) in [5, 5.41) is 39.1. The lowest BCUT2D eigenvalue weighted by atomic mass is 9.95. The van der Waals surface area contributed by atoms with E-state index >= 15 is 0 Å². The minimum absolute atomic E-state index is 0.219. The van der Waals surface area contributed by atoms with Gasteiger partial charge in [0.25, 0.3) is 0 Å². The number of nitriles is 4. The molecule has 0 heterocycles. The van der Waals surface area contributed by atoms with Crippen molar-refractivity contribution < 1.29 is 19.2 Å². The second kappa shape index (κ2) is 20.4. The second-order valence-electron chi connectivity index (χ2n) is 12.7. The van der Waals surface area contributed by atoms with Crippen LogP contribution in [0.1, 0.15) is 74.8 Å². The fourth-order valence-electron chi connectivity index (χ4n) is 5.51. The van der Waals surface area contributed by atoms with Gasteiger partial charge in [-0.2, -0.15) is 21.0 Å². The van der Waals surface area contributed by atoms with Gasteiger partial charge in [0.1, 0.15) is 36.8 Å². The smallest absolute Gasteiger partial charge is 0.151 e. The van der Waals surface area contributed by atoms with Crippen molar-refractivity contribution in [1.82, 2.24) is 0 Å². The van der Waals surface area contributed by atoms with Crippen molar-refractivity contribution in [3.8, 4) is 24.3 Å². The highest BCUT2D eigenvalue weighted by atomic mass is 16.1. The van der Waals surface area contributed by atoms with Crippen molar-refractivity contribution in [3.05, 3.63) is 153 Å². The lowest BCUT2D eigenvalue weighted by Crippen LogP contribution is -2.08. The summed E-state index contributed by atoms with van der Waals surface area (Å²) in [6, 6.07) is 36.9. The van der Waals surface area contributed by atoms with E-state index in [1.54, 1.807) is 12.1 Å². The van der Waals surface area contributed by atoms with Crippen molar-refractivity contribution in [2.75, 3.05) is 38.0 Å². The Labute approximate surface area is 326 Å². The maximum Gasteiger partial charge on any atom is 0.151 e. The van der Waals surface area contributed by atoms with Crippen LogP contribution in [-0.2, 0) is 0 Å². The van der Waals surface area contributed by atoms with Gasteiger partial charge >= 0.3 is 0 Å². The average Bonchev–Trinajstić information content (AvgIpc) is 3.23. The van der Waals surface area contributed by atoms with E-state index in [1.807, 2.05) is 137 Å². The Bertz CT molecular complexity index is 2390. The van der Waals surface area contributed by atoms with Gasteiger partial charge in [0, 0.05) is 83.4 Å². The molecule has 0 atom stereocenters. The molecule has 0 amide bonds. The van der Waals surface area contributed by atoms with Crippen molar-refractivity contribution in [2.24, 2.45) is 0 Å². The van der Waals surface area contributed by atoms with Gasteiger partial charge in [-0.05, 0) is 85.6 Å². The van der Waals surface area contributed by atoms with Gasteiger partial charge in [0.2, 0.25) is 0 Å². The topological polar surface area (TPSA) is 170 Å². The minimum Gasteiger partial charge on any atom is -0.378 e. The number of benzene rings is 6. The molecule has 0 unspecified atom stereocenters. The maximum atomic E-state index is 10.8. The number of carbonyl (C=O) groups is 4. The molecule has 0 saturated carbocycles. The molecule has 0 N–H and O–H groups in total. The molecule has 6 rings (SSSR count). The number of hydrogen-bond acceptors (Lipinski definition) is 10. The van der Waals surface area contributed by atoms with Crippen LogP contribution in [0.15, 0.2) is 97.1 Å². The van der Waals surface area contributed by atoms with E-state index in [4.69, 9.17) is 21.0 Å². The van der Waals surface area contributed by atoms with Gasteiger partial charge in [-0.25, -0.2) is 0 Å². The van der Waals surface area contributed by atoms with E-state index in [0.29, 0.717) is 34.5 Å². The zero-order valence-corrected chi connectivity index (χ0v) is 31.9. The highest BCUT2D eigenvalue weighted by Gasteiger charge is 2.13. The average molecular weight is 739 g/mol. The summed E-state index contributed by atoms with van der Waals surface area (Å²) in [4.78, 5) is 46.2. The van der Waals surface area contributed by atoms with Crippen LogP contribution >= 0.6 is 0 Å². The molecule has 0 spiro atoms. The van der Waals surface area contributed by atoms with Crippen LogP contribution in [0.5, 0.6) is 0 Å². The second-order valence-corrected chi connectivity index (χ2v) is 12.7. The quantitative estimate of drug-likeness (QED) is 0.151. The summed E-state index contributed by atoms with van der Waals surface area (Å²) in [5.41, 5.74) is 7.85. The summed E-state index contributed by atoms with van der Waals surface area (Å²) in [6.07, 6.45) is 2.88. The van der Waals surface area contributed by atoms with Gasteiger partial charge in [-0.1, -0.05) is 36.4 Å². The Morgan fingerprint density at radius 2 is 0.679 bits per heavy atom. The minimum atomic E-state index is 0.219.